The summed E-state index contributed by atoms with van der Waals surface area (Å²) in [7, 11) is 0. The Morgan fingerprint density at radius 3 is 2.47 bits per heavy atom. The zero-order valence-corrected chi connectivity index (χ0v) is 11.6. The van der Waals surface area contributed by atoms with Gasteiger partial charge in [0.2, 0.25) is 0 Å². The van der Waals surface area contributed by atoms with E-state index in [-0.39, 0.29) is 6.03 Å². The van der Waals surface area contributed by atoms with Crippen LogP contribution in [0, 0.1) is 0 Å². The Morgan fingerprint density at radius 2 is 1.95 bits per heavy atom. The molecule has 1 aliphatic carbocycles. The van der Waals surface area contributed by atoms with Crippen LogP contribution in [0.2, 0.25) is 0 Å². The number of carbonyl (C=O) groups excluding carboxylic acids is 1. The third-order valence-corrected chi connectivity index (χ3v) is 3.81. The first kappa shape index (κ1) is 13.9. The SMILES string of the molecule is CCN(C(=O)Nc1ccc(CN)cc1)C1CCCC1. The predicted octanol–water partition coefficient (Wildman–Crippen LogP) is 2.94. The van der Waals surface area contributed by atoms with Crippen LogP contribution in [0.25, 0.3) is 0 Å². The van der Waals surface area contributed by atoms with Gasteiger partial charge in [0.15, 0.2) is 0 Å². The lowest BCUT2D eigenvalue weighted by Crippen LogP contribution is -2.41. The maximum Gasteiger partial charge on any atom is 0.322 e. The molecule has 1 aliphatic rings. The van der Waals surface area contributed by atoms with Gasteiger partial charge in [-0.25, -0.2) is 4.79 Å². The molecule has 1 saturated carbocycles. The van der Waals surface area contributed by atoms with Gasteiger partial charge in [-0.2, -0.15) is 0 Å². The second-order valence-corrected chi connectivity index (χ2v) is 5.06. The minimum atomic E-state index is 0.00917. The summed E-state index contributed by atoms with van der Waals surface area (Å²) in [6.07, 6.45) is 4.74. The fourth-order valence-corrected chi connectivity index (χ4v) is 2.70. The third-order valence-electron chi connectivity index (χ3n) is 3.81. The summed E-state index contributed by atoms with van der Waals surface area (Å²) in [6, 6.07) is 8.12. The van der Waals surface area contributed by atoms with Crippen LogP contribution < -0.4 is 11.1 Å². The number of urea groups is 1. The number of nitrogens with zero attached hydrogens (tertiary/aromatic N) is 1. The lowest BCUT2D eigenvalue weighted by atomic mass is 10.2. The Labute approximate surface area is 115 Å². The Bertz CT molecular complexity index is 410. The van der Waals surface area contributed by atoms with Crippen molar-refractivity contribution in [3.63, 3.8) is 0 Å². The quantitative estimate of drug-likeness (QED) is 0.875. The van der Waals surface area contributed by atoms with E-state index in [0.29, 0.717) is 12.6 Å². The van der Waals surface area contributed by atoms with Crippen LogP contribution in [0.4, 0.5) is 10.5 Å². The van der Waals surface area contributed by atoms with Crippen molar-refractivity contribution >= 4 is 11.7 Å². The third kappa shape index (κ3) is 3.47. The molecule has 1 aromatic rings. The molecule has 2 amide bonds. The van der Waals surface area contributed by atoms with Crippen molar-refractivity contribution in [2.75, 3.05) is 11.9 Å². The molecule has 4 nitrogen and oxygen atoms in total. The molecule has 0 spiro atoms. The summed E-state index contributed by atoms with van der Waals surface area (Å²) in [6.45, 7) is 3.32. The standard InChI is InChI=1S/C15H23N3O/c1-2-18(14-5-3-4-6-14)15(19)17-13-9-7-12(11-16)8-10-13/h7-10,14H,2-6,11,16H2,1H3,(H,17,19). The zero-order chi connectivity index (χ0) is 13.7. The molecular formula is C15H23N3O. The van der Waals surface area contributed by atoms with Crippen LogP contribution >= 0.6 is 0 Å². The number of rotatable bonds is 4. The molecule has 19 heavy (non-hydrogen) atoms. The summed E-state index contributed by atoms with van der Waals surface area (Å²) in [4.78, 5) is 14.2. The topological polar surface area (TPSA) is 58.4 Å². The number of hydrogen-bond acceptors (Lipinski definition) is 2. The minimum absolute atomic E-state index is 0.00917. The van der Waals surface area contributed by atoms with E-state index in [0.717, 1.165) is 30.6 Å². The van der Waals surface area contributed by atoms with E-state index >= 15 is 0 Å². The fourth-order valence-electron chi connectivity index (χ4n) is 2.70. The first-order valence-electron chi connectivity index (χ1n) is 7.11. The maximum absolute atomic E-state index is 12.3. The number of anilines is 1. The molecule has 1 aromatic carbocycles. The van der Waals surface area contributed by atoms with Gasteiger partial charge in [-0.15, -0.1) is 0 Å². The average molecular weight is 261 g/mol. The van der Waals surface area contributed by atoms with Crippen molar-refractivity contribution in [1.29, 1.82) is 0 Å². The van der Waals surface area contributed by atoms with E-state index in [1.807, 2.05) is 36.1 Å². The molecule has 0 unspecified atom stereocenters. The smallest absolute Gasteiger partial charge is 0.322 e. The molecule has 104 valence electrons. The van der Waals surface area contributed by atoms with Crippen LogP contribution in [0.3, 0.4) is 0 Å². The van der Waals surface area contributed by atoms with Crippen LogP contribution in [0.5, 0.6) is 0 Å². The van der Waals surface area contributed by atoms with Gasteiger partial charge >= 0.3 is 6.03 Å². The van der Waals surface area contributed by atoms with Crippen LogP contribution in [0.1, 0.15) is 38.2 Å². The average Bonchev–Trinajstić information content (AvgIpc) is 2.94. The lowest BCUT2D eigenvalue weighted by Gasteiger charge is -2.27. The van der Waals surface area contributed by atoms with Gasteiger partial charge in [-0.05, 0) is 37.5 Å². The normalized spacial score (nSPS) is 15.5. The maximum atomic E-state index is 12.3. The fraction of sp³-hybridized carbons (Fsp3) is 0.533. The zero-order valence-electron chi connectivity index (χ0n) is 11.6. The Balaban J connectivity index is 1.97. The van der Waals surface area contributed by atoms with Crippen molar-refractivity contribution in [3.05, 3.63) is 29.8 Å². The molecule has 0 bridgehead atoms. The molecule has 0 atom stereocenters. The van der Waals surface area contributed by atoms with E-state index in [4.69, 9.17) is 5.73 Å². The highest BCUT2D eigenvalue weighted by Gasteiger charge is 2.25. The van der Waals surface area contributed by atoms with Crippen molar-refractivity contribution in [1.82, 2.24) is 4.90 Å². The molecule has 1 fully saturated rings. The molecular weight excluding hydrogens is 238 g/mol. The molecule has 0 saturated heterocycles. The van der Waals surface area contributed by atoms with Crippen LogP contribution in [-0.2, 0) is 6.54 Å². The second kappa shape index (κ2) is 6.57. The highest BCUT2D eigenvalue weighted by Crippen LogP contribution is 2.24. The summed E-state index contributed by atoms with van der Waals surface area (Å²) in [5.41, 5.74) is 7.46. The number of amides is 2. The van der Waals surface area contributed by atoms with Gasteiger partial charge in [-0.1, -0.05) is 25.0 Å². The molecule has 3 N–H and O–H groups in total. The van der Waals surface area contributed by atoms with E-state index in [9.17, 15) is 4.79 Å². The summed E-state index contributed by atoms with van der Waals surface area (Å²) >= 11 is 0. The van der Waals surface area contributed by atoms with Gasteiger partial charge in [0, 0.05) is 24.8 Å². The second-order valence-electron chi connectivity index (χ2n) is 5.06. The van der Waals surface area contributed by atoms with Crippen molar-refractivity contribution in [2.24, 2.45) is 5.73 Å². The van der Waals surface area contributed by atoms with Gasteiger partial charge in [0.1, 0.15) is 0 Å². The Hall–Kier alpha value is -1.55. The molecule has 0 heterocycles. The van der Waals surface area contributed by atoms with Gasteiger partial charge in [-0.3, -0.25) is 0 Å². The lowest BCUT2D eigenvalue weighted by molar-refractivity contribution is 0.192. The van der Waals surface area contributed by atoms with Crippen LogP contribution in [-0.4, -0.2) is 23.5 Å². The minimum Gasteiger partial charge on any atom is -0.326 e. The van der Waals surface area contributed by atoms with Gasteiger partial charge in [0.05, 0.1) is 0 Å². The first-order chi connectivity index (χ1) is 9.24. The number of nitrogens with two attached hydrogens (primary N) is 1. The number of hydrogen-bond donors (Lipinski definition) is 2. The van der Waals surface area contributed by atoms with Gasteiger partial charge in [0.25, 0.3) is 0 Å². The molecule has 0 aliphatic heterocycles. The predicted molar refractivity (Wildman–Crippen MR) is 78.0 cm³/mol. The van der Waals surface area contributed by atoms with E-state index in [1.54, 1.807) is 0 Å². The van der Waals surface area contributed by atoms with Crippen LogP contribution in [0.15, 0.2) is 24.3 Å². The van der Waals surface area contributed by atoms with E-state index < -0.39 is 0 Å². The van der Waals surface area contributed by atoms with Crippen molar-refractivity contribution in [2.45, 2.75) is 45.2 Å². The van der Waals surface area contributed by atoms with Gasteiger partial charge < -0.3 is 16.0 Å². The molecule has 0 radical (unpaired) electrons. The number of carbonyl (C=O) groups is 1. The van der Waals surface area contributed by atoms with E-state index in [2.05, 4.69) is 5.32 Å². The number of benzene rings is 1. The monoisotopic (exact) mass is 261 g/mol. The highest BCUT2D eigenvalue weighted by molar-refractivity contribution is 5.89. The molecule has 2 rings (SSSR count). The van der Waals surface area contributed by atoms with Crippen molar-refractivity contribution in [3.8, 4) is 0 Å². The number of nitrogens with one attached hydrogen (secondary N) is 1. The summed E-state index contributed by atoms with van der Waals surface area (Å²) in [5, 5.41) is 2.97. The van der Waals surface area contributed by atoms with E-state index in [1.165, 1.54) is 12.8 Å². The van der Waals surface area contributed by atoms with Crippen molar-refractivity contribution < 1.29 is 4.79 Å². The Morgan fingerprint density at radius 1 is 1.32 bits per heavy atom. The molecule has 0 aromatic heterocycles. The summed E-state index contributed by atoms with van der Waals surface area (Å²) in [5.74, 6) is 0. The molecule has 4 heteroatoms. The summed E-state index contributed by atoms with van der Waals surface area (Å²) < 4.78 is 0. The first-order valence-corrected chi connectivity index (χ1v) is 7.11. The largest absolute Gasteiger partial charge is 0.326 e. The highest BCUT2D eigenvalue weighted by atomic mass is 16.2. The Kier molecular flexibility index (Phi) is 4.80.